The monoisotopic (exact) mass is 428 g/mol. The summed E-state index contributed by atoms with van der Waals surface area (Å²) in [5, 5.41) is 0. The number of hydrogen-bond acceptors (Lipinski definition) is 2. The Hall–Kier alpha value is -1.04. The molecule has 0 saturated heterocycles. The van der Waals surface area contributed by atoms with Gasteiger partial charge in [-0.15, -0.1) is 12.8 Å². The van der Waals surface area contributed by atoms with Crippen molar-refractivity contribution < 1.29 is 14.7 Å². The van der Waals surface area contributed by atoms with Crippen LogP contribution in [0.5, 0.6) is 0 Å². The van der Waals surface area contributed by atoms with Crippen molar-refractivity contribution in [3.63, 3.8) is 0 Å². The van der Waals surface area contributed by atoms with E-state index in [0.717, 1.165) is 46.6 Å². The van der Waals surface area contributed by atoms with E-state index in [4.69, 9.17) is 27.9 Å². The maximum atomic E-state index is 4.97. The van der Waals surface area contributed by atoms with Gasteiger partial charge in [-0.3, -0.25) is 0 Å². The number of hydrogen-bond donors (Lipinski definition) is 2. The molecule has 0 amide bonds. The molecule has 0 aliphatic rings. The van der Waals surface area contributed by atoms with Crippen LogP contribution in [0.1, 0.15) is 11.6 Å². The number of rotatable bonds is 4. The van der Waals surface area contributed by atoms with Gasteiger partial charge in [-0.05, 0) is 24.3 Å². The first-order chi connectivity index (χ1) is 12.1. The Morgan fingerprint density at radius 2 is 1.16 bits per heavy atom. The molecule has 0 unspecified atom stereocenters. The van der Waals surface area contributed by atoms with Crippen molar-refractivity contribution in [2.24, 2.45) is 0 Å². The SMILES string of the molecule is [Cl][Ti+]([Cl])[Cl].c1ccc2[nH]c(C[CH-]Cc3nc4ccccc4[nH]3)nc2c1. The van der Waals surface area contributed by atoms with Crippen LogP contribution in [0.15, 0.2) is 48.5 Å². The quantitative estimate of drug-likeness (QED) is 0.333. The maximum absolute atomic E-state index is 4.97. The van der Waals surface area contributed by atoms with Crippen molar-refractivity contribution >= 4 is 50.0 Å². The first-order valence-electron chi connectivity index (χ1n) is 7.64. The molecule has 2 aromatic carbocycles. The van der Waals surface area contributed by atoms with Gasteiger partial charge in [0.25, 0.3) is 0 Å². The average Bonchev–Trinajstić information content (AvgIpc) is 3.16. The summed E-state index contributed by atoms with van der Waals surface area (Å²) in [5.41, 5.74) is 4.21. The first-order valence-corrected chi connectivity index (χ1v) is 14.1. The van der Waals surface area contributed by atoms with E-state index in [0.29, 0.717) is 0 Å². The Morgan fingerprint density at radius 1 is 0.760 bits per heavy atom. The molecule has 2 heterocycles. The summed E-state index contributed by atoms with van der Waals surface area (Å²) in [4.78, 5) is 15.8. The molecular formula is C17H15Cl3N4Ti. The Bertz CT molecular complexity index is 808. The summed E-state index contributed by atoms with van der Waals surface area (Å²) in [6.45, 7) is 0. The summed E-state index contributed by atoms with van der Waals surface area (Å²) in [5.74, 6) is 1.99. The molecule has 0 aliphatic heterocycles. The number of nitrogens with one attached hydrogen (secondary N) is 2. The fourth-order valence-corrected chi connectivity index (χ4v) is 2.55. The summed E-state index contributed by atoms with van der Waals surface area (Å²) < 4.78 is 0. The normalized spacial score (nSPS) is 10.7. The molecule has 4 rings (SSSR count). The van der Waals surface area contributed by atoms with Crippen LogP contribution in [0.3, 0.4) is 0 Å². The minimum absolute atomic E-state index is 0.811. The molecule has 0 radical (unpaired) electrons. The Morgan fingerprint density at radius 3 is 1.56 bits per heavy atom. The number of aromatic nitrogens is 4. The number of nitrogens with zero attached hydrogens (tertiary/aromatic N) is 2. The van der Waals surface area contributed by atoms with Gasteiger partial charge in [0, 0.05) is 0 Å². The van der Waals surface area contributed by atoms with Crippen LogP contribution in [-0.4, -0.2) is 19.9 Å². The zero-order valence-corrected chi connectivity index (χ0v) is 17.0. The van der Waals surface area contributed by atoms with E-state index < -0.39 is 14.7 Å². The van der Waals surface area contributed by atoms with Gasteiger partial charge in [-0.2, -0.15) is 0 Å². The summed E-state index contributed by atoms with van der Waals surface area (Å²) in [6, 6.07) is 16.2. The second-order valence-electron chi connectivity index (χ2n) is 5.31. The van der Waals surface area contributed by atoms with Crippen molar-refractivity contribution in [3.8, 4) is 0 Å². The molecule has 0 spiro atoms. The molecule has 25 heavy (non-hydrogen) atoms. The number of fused-ring (bicyclic) bond motifs is 2. The van der Waals surface area contributed by atoms with Crippen LogP contribution in [0.25, 0.3) is 22.1 Å². The van der Waals surface area contributed by atoms with E-state index >= 15 is 0 Å². The summed E-state index contributed by atoms with van der Waals surface area (Å²) in [7, 11) is 14.9. The smallest absolute Gasteiger partial charge is 0.0884 e. The van der Waals surface area contributed by atoms with Gasteiger partial charge in [0.05, 0.1) is 33.7 Å². The predicted octanol–water partition coefficient (Wildman–Crippen LogP) is 5.49. The van der Waals surface area contributed by atoms with Gasteiger partial charge >= 0.3 is 42.6 Å². The zero-order valence-electron chi connectivity index (χ0n) is 13.1. The third kappa shape index (κ3) is 5.47. The summed E-state index contributed by atoms with van der Waals surface area (Å²) >= 11 is -1.92. The van der Waals surface area contributed by atoms with Gasteiger partial charge in [0.15, 0.2) is 0 Å². The van der Waals surface area contributed by atoms with E-state index in [9.17, 15) is 0 Å². The predicted molar refractivity (Wildman–Crippen MR) is 101 cm³/mol. The third-order valence-electron chi connectivity index (χ3n) is 3.55. The van der Waals surface area contributed by atoms with Crippen LogP contribution in [0, 0.1) is 6.42 Å². The van der Waals surface area contributed by atoms with E-state index in [1.807, 2.05) is 48.5 Å². The van der Waals surface area contributed by atoms with Crippen LogP contribution in [0.4, 0.5) is 0 Å². The van der Waals surface area contributed by atoms with E-state index in [2.05, 4.69) is 26.4 Å². The molecule has 0 aliphatic carbocycles. The molecule has 2 N–H and O–H groups in total. The van der Waals surface area contributed by atoms with Gasteiger partial charge in [0.2, 0.25) is 0 Å². The Balaban J connectivity index is 0.000000415. The molecular weight excluding hydrogens is 414 g/mol. The van der Waals surface area contributed by atoms with E-state index in [-0.39, 0.29) is 0 Å². The van der Waals surface area contributed by atoms with Crippen LogP contribution < -0.4 is 0 Å². The zero-order chi connectivity index (χ0) is 17.6. The number of para-hydroxylation sites is 4. The molecule has 4 aromatic rings. The van der Waals surface area contributed by atoms with Gasteiger partial charge in [-0.25, -0.2) is 9.97 Å². The second-order valence-corrected chi connectivity index (χ2v) is 13.0. The molecule has 0 atom stereocenters. The van der Waals surface area contributed by atoms with Crippen molar-refractivity contribution in [2.75, 3.05) is 0 Å². The van der Waals surface area contributed by atoms with Gasteiger partial charge < -0.3 is 16.4 Å². The maximum Gasteiger partial charge on any atom is 0.0884 e. The molecule has 128 valence electrons. The molecule has 2 aromatic heterocycles. The van der Waals surface area contributed by atoms with E-state index in [1.54, 1.807) is 0 Å². The largest absolute Gasteiger partial charge is 0.344 e. The first kappa shape index (κ1) is 18.7. The minimum Gasteiger partial charge on any atom is -0.344 e. The fourth-order valence-electron chi connectivity index (χ4n) is 2.55. The third-order valence-corrected chi connectivity index (χ3v) is 3.55. The Labute approximate surface area is 163 Å². The van der Waals surface area contributed by atoms with Crippen molar-refractivity contribution in [1.29, 1.82) is 0 Å². The average molecular weight is 430 g/mol. The molecule has 0 fully saturated rings. The number of halogens is 3. The van der Waals surface area contributed by atoms with Gasteiger partial charge in [0.1, 0.15) is 0 Å². The fraction of sp³-hybridized carbons (Fsp3) is 0.118. The topological polar surface area (TPSA) is 57.4 Å². The van der Waals surface area contributed by atoms with E-state index in [1.165, 1.54) is 0 Å². The molecule has 4 nitrogen and oxygen atoms in total. The number of imidazole rings is 2. The number of aromatic amines is 2. The standard InChI is InChI=1S/C17H15N4.3ClH.Ti/c1-2-7-13-12(6-1)18-16(19-13)10-5-11-17-20-14-8-3-4-9-15(14)21-17;;;;/h1-9H,10-11H2,(H,18,19)(H,20,21);3*1H;/q-1;;;;+4/p-3. The second kappa shape index (κ2) is 9.06. The Kier molecular flexibility index (Phi) is 6.80. The minimum atomic E-state index is -1.92. The molecule has 8 heteroatoms. The number of H-pyrrole nitrogens is 2. The molecule has 0 bridgehead atoms. The van der Waals surface area contributed by atoms with Crippen LogP contribution in [0.2, 0.25) is 0 Å². The van der Waals surface area contributed by atoms with Crippen molar-refractivity contribution in [1.82, 2.24) is 19.9 Å². The van der Waals surface area contributed by atoms with Crippen molar-refractivity contribution in [2.45, 2.75) is 12.8 Å². The van der Waals surface area contributed by atoms with Crippen molar-refractivity contribution in [3.05, 3.63) is 66.6 Å². The van der Waals surface area contributed by atoms with Gasteiger partial charge in [-0.1, -0.05) is 24.3 Å². The number of benzene rings is 2. The summed E-state index contributed by atoms with van der Waals surface area (Å²) in [6.07, 6.45) is 3.81. The van der Waals surface area contributed by atoms with Crippen LogP contribution >= 0.6 is 27.9 Å². The molecule has 0 saturated carbocycles. The van der Waals surface area contributed by atoms with Crippen LogP contribution in [-0.2, 0) is 27.5 Å².